The van der Waals surface area contributed by atoms with Crippen LogP contribution in [0.1, 0.15) is 40.0 Å². The monoisotopic (exact) mass is 229 g/mol. The fourth-order valence-electron chi connectivity index (χ4n) is 1.61. The molecule has 0 saturated carbocycles. The number of carbonyl (C=O) groups is 1. The van der Waals surface area contributed by atoms with Gasteiger partial charge in [0.1, 0.15) is 0 Å². The Morgan fingerprint density at radius 1 is 1.38 bits per heavy atom. The molecular formula is C12H27N3O. The highest BCUT2D eigenvalue weighted by atomic mass is 16.2. The minimum atomic E-state index is 0.111. The molecule has 1 amide bonds. The van der Waals surface area contributed by atoms with Crippen LogP contribution in [0.4, 0.5) is 0 Å². The van der Waals surface area contributed by atoms with Gasteiger partial charge in [0.25, 0.3) is 0 Å². The number of carbonyl (C=O) groups excluding carboxylic acids is 1. The molecule has 0 spiro atoms. The van der Waals surface area contributed by atoms with E-state index in [1.165, 1.54) is 0 Å². The van der Waals surface area contributed by atoms with E-state index in [-0.39, 0.29) is 5.91 Å². The summed E-state index contributed by atoms with van der Waals surface area (Å²) in [5, 5.41) is 3.03. The van der Waals surface area contributed by atoms with Crippen molar-refractivity contribution >= 4 is 5.91 Å². The Balaban J connectivity index is 3.94. The summed E-state index contributed by atoms with van der Waals surface area (Å²) < 4.78 is 0. The molecule has 0 aromatic carbocycles. The largest absolute Gasteiger partial charge is 0.352 e. The van der Waals surface area contributed by atoms with E-state index in [0.29, 0.717) is 25.2 Å². The maximum atomic E-state index is 11.7. The van der Waals surface area contributed by atoms with Crippen molar-refractivity contribution in [2.24, 2.45) is 5.73 Å². The van der Waals surface area contributed by atoms with Crippen LogP contribution in [0.2, 0.25) is 0 Å². The number of hydrogen-bond acceptors (Lipinski definition) is 3. The Morgan fingerprint density at radius 2 is 1.94 bits per heavy atom. The van der Waals surface area contributed by atoms with Crippen molar-refractivity contribution in [2.75, 3.05) is 20.1 Å². The lowest BCUT2D eigenvalue weighted by atomic mass is 10.1. The van der Waals surface area contributed by atoms with E-state index in [9.17, 15) is 4.79 Å². The third-order valence-corrected chi connectivity index (χ3v) is 3.08. The molecule has 0 saturated heterocycles. The molecular weight excluding hydrogens is 202 g/mol. The molecule has 0 aliphatic heterocycles. The first-order valence-corrected chi connectivity index (χ1v) is 6.24. The Kier molecular flexibility index (Phi) is 8.21. The van der Waals surface area contributed by atoms with Crippen molar-refractivity contribution in [2.45, 2.75) is 52.1 Å². The summed E-state index contributed by atoms with van der Waals surface area (Å²) in [6.07, 6.45) is 2.91. The number of rotatable bonds is 8. The predicted octanol–water partition coefficient (Wildman–Crippen LogP) is 0.960. The van der Waals surface area contributed by atoms with Gasteiger partial charge in [-0.3, -0.25) is 9.69 Å². The number of likely N-dealkylation sites (N-methyl/N-ethyl adjacent to an activating group) is 1. The Morgan fingerprint density at radius 3 is 2.38 bits per heavy atom. The van der Waals surface area contributed by atoms with Gasteiger partial charge in [-0.15, -0.1) is 0 Å². The minimum Gasteiger partial charge on any atom is -0.352 e. The minimum absolute atomic E-state index is 0.111. The summed E-state index contributed by atoms with van der Waals surface area (Å²) in [6.45, 7) is 7.40. The fraction of sp³-hybridized carbons (Fsp3) is 0.917. The standard InChI is InChI=1S/C12H27N3O/c1-5-11(6-2)14-12(16)9-15(4)10(3)7-8-13/h10-11H,5-9,13H2,1-4H3,(H,14,16). The van der Waals surface area contributed by atoms with Crippen LogP contribution in [0.15, 0.2) is 0 Å². The van der Waals surface area contributed by atoms with Crippen LogP contribution < -0.4 is 11.1 Å². The molecule has 0 heterocycles. The number of hydrogen-bond donors (Lipinski definition) is 2. The summed E-state index contributed by atoms with van der Waals surface area (Å²) in [5.74, 6) is 0.111. The maximum Gasteiger partial charge on any atom is 0.234 e. The molecule has 1 atom stereocenters. The molecule has 0 bridgehead atoms. The second kappa shape index (κ2) is 8.53. The zero-order valence-electron chi connectivity index (χ0n) is 11.1. The molecule has 0 aliphatic rings. The smallest absolute Gasteiger partial charge is 0.234 e. The van der Waals surface area contributed by atoms with E-state index >= 15 is 0 Å². The average molecular weight is 229 g/mol. The van der Waals surface area contributed by atoms with Crippen LogP contribution in [0.25, 0.3) is 0 Å². The third-order valence-electron chi connectivity index (χ3n) is 3.08. The van der Waals surface area contributed by atoms with E-state index in [4.69, 9.17) is 5.73 Å². The molecule has 0 aromatic rings. The van der Waals surface area contributed by atoms with Crippen LogP contribution >= 0.6 is 0 Å². The molecule has 96 valence electrons. The van der Waals surface area contributed by atoms with Gasteiger partial charge in [0.05, 0.1) is 6.54 Å². The first kappa shape index (κ1) is 15.4. The van der Waals surface area contributed by atoms with Crippen LogP contribution in [-0.4, -0.2) is 43.0 Å². The van der Waals surface area contributed by atoms with Gasteiger partial charge in [-0.05, 0) is 39.8 Å². The summed E-state index contributed by atoms with van der Waals surface area (Å²) in [6, 6.07) is 0.670. The molecule has 0 radical (unpaired) electrons. The van der Waals surface area contributed by atoms with Crippen molar-refractivity contribution < 1.29 is 4.79 Å². The number of nitrogens with one attached hydrogen (secondary N) is 1. The van der Waals surface area contributed by atoms with E-state index in [1.54, 1.807) is 0 Å². The second-order valence-electron chi connectivity index (χ2n) is 4.42. The van der Waals surface area contributed by atoms with E-state index in [1.807, 2.05) is 11.9 Å². The van der Waals surface area contributed by atoms with Gasteiger partial charge in [-0.2, -0.15) is 0 Å². The van der Waals surface area contributed by atoms with Crippen molar-refractivity contribution in [1.29, 1.82) is 0 Å². The Hall–Kier alpha value is -0.610. The van der Waals surface area contributed by atoms with Gasteiger partial charge in [0, 0.05) is 12.1 Å². The highest BCUT2D eigenvalue weighted by molar-refractivity contribution is 5.78. The lowest BCUT2D eigenvalue weighted by molar-refractivity contribution is -0.123. The molecule has 1 unspecified atom stereocenters. The molecule has 16 heavy (non-hydrogen) atoms. The molecule has 4 heteroatoms. The molecule has 0 fully saturated rings. The van der Waals surface area contributed by atoms with Crippen molar-refractivity contribution in [3.8, 4) is 0 Å². The lowest BCUT2D eigenvalue weighted by Gasteiger charge is -2.24. The van der Waals surface area contributed by atoms with Gasteiger partial charge < -0.3 is 11.1 Å². The normalized spacial score (nSPS) is 13.2. The first-order valence-electron chi connectivity index (χ1n) is 6.24. The average Bonchev–Trinajstić information content (AvgIpc) is 2.26. The van der Waals surface area contributed by atoms with Crippen LogP contribution in [0.5, 0.6) is 0 Å². The van der Waals surface area contributed by atoms with Gasteiger partial charge >= 0.3 is 0 Å². The molecule has 0 rings (SSSR count). The number of nitrogens with two attached hydrogens (primary N) is 1. The quantitative estimate of drug-likeness (QED) is 0.652. The van der Waals surface area contributed by atoms with Crippen LogP contribution in [0.3, 0.4) is 0 Å². The number of amides is 1. The fourth-order valence-corrected chi connectivity index (χ4v) is 1.61. The van der Waals surface area contributed by atoms with E-state index in [2.05, 4.69) is 26.1 Å². The highest BCUT2D eigenvalue weighted by Crippen LogP contribution is 2.00. The van der Waals surface area contributed by atoms with Gasteiger partial charge in [-0.1, -0.05) is 13.8 Å². The van der Waals surface area contributed by atoms with Crippen molar-refractivity contribution in [3.63, 3.8) is 0 Å². The topological polar surface area (TPSA) is 58.4 Å². The SMILES string of the molecule is CCC(CC)NC(=O)CN(C)C(C)CCN. The molecule has 0 aromatic heterocycles. The van der Waals surface area contributed by atoms with E-state index in [0.717, 1.165) is 19.3 Å². The van der Waals surface area contributed by atoms with Crippen molar-refractivity contribution in [3.05, 3.63) is 0 Å². The lowest BCUT2D eigenvalue weighted by Crippen LogP contribution is -2.43. The van der Waals surface area contributed by atoms with E-state index < -0.39 is 0 Å². The molecule has 0 aliphatic carbocycles. The predicted molar refractivity (Wildman–Crippen MR) is 68.3 cm³/mol. The van der Waals surface area contributed by atoms with Crippen molar-refractivity contribution in [1.82, 2.24) is 10.2 Å². The number of nitrogens with zero attached hydrogens (tertiary/aromatic N) is 1. The summed E-state index contributed by atoms with van der Waals surface area (Å²) >= 11 is 0. The summed E-state index contributed by atoms with van der Waals surface area (Å²) in [7, 11) is 1.97. The molecule has 4 nitrogen and oxygen atoms in total. The molecule has 3 N–H and O–H groups in total. The zero-order valence-corrected chi connectivity index (χ0v) is 11.1. The van der Waals surface area contributed by atoms with Crippen LogP contribution in [0, 0.1) is 0 Å². The maximum absolute atomic E-state index is 11.7. The zero-order chi connectivity index (χ0) is 12.6. The van der Waals surface area contributed by atoms with Gasteiger partial charge in [0.15, 0.2) is 0 Å². The van der Waals surface area contributed by atoms with Crippen LogP contribution in [-0.2, 0) is 4.79 Å². The van der Waals surface area contributed by atoms with Gasteiger partial charge in [-0.25, -0.2) is 0 Å². The second-order valence-corrected chi connectivity index (χ2v) is 4.42. The summed E-state index contributed by atoms with van der Waals surface area (Å²) in [4.78, 5) is 13.8. The van der Waals surface area contributed by atoms with Gasteiger partial charge in [0.2, 0.25) is 5.91 Å². The highest BCUT2D eigenvalue weighted by Gasteiger charge is 2.14. The first-order chi connectivity index (χ1) is 7.54. The summed E-state index contributed by atoms with van der Waals surface area (Å²) in [5.41, 5.74) is 5.49. The Labute approximate surface area is 99.6 Å². The third kappa shape index (κ3) is 6.08. The Bertz CT molecular complexity index is 193.